The highest BCUT2D eigenvalue weighted by Gasteiger charge is 2.13. The zero-order chi connectivity index (χ0) is 10.6. The van der Waals surface area contributed by atoms with Crippen molar-refractivity contribution in [3.05, 3.63) is 10.6 Å². The van der Waals surface area contributed by atoms with Crippen molar-refractivity contribution in [3.63, 3.8) is 0 Å². The molecule has 0 spiro atoms. The van der Waals surface area contributed by atoms with E-state index in [0.29, 0.717) is 11.4 Å². The molecule has 0 radical (unpaired) electrons. The fraction of sp³-hybridized carbons (Fsp3) is 0.556. The van der Waals surface area contributed by atoms with Gasteiger partial charge in [-0.25, -0.2) is 4.98 Å². The van der Waals surface area contributed by atoms with Gasteiger partial charge in [0.25, 0.3) is 5.91 Å². The molecular formula is C9H15N3OS. The first-order chi connectivity index (χ1) is 6.69. The Kier molecular flexibility index (Phi) is 3.88. The third kappa shape index (κ3) is 2.45. The summed E-state index contributed by atoms with van der Waals surface area (Å²) in [5.74, 6) is -0.0355. The van der Waals surface area contributed by atoms with Crippen LogP contribution >= 0.6 is 11.3 Å². The molecule has 0 bridgehead atoms. The van der Waals surface area contributed by atoms with Crippen molar-refractivity contribution in [1.29, 1.82) is 0 Å². The molecule has 5 heteroatoms. The number of hydrogen-bond donors (Lipinski definition) is 2. The average molecular weight is 213 g/mol. The molecule has 1 aromatic rings. The van der Waals surface area contributed by atoms with E-state index in [-0.39, 0.29) is 5.91 Å². The normalized spacial score (nSPS) is 9.93. The maximum Gasteiger partial charge on any atom is 0.263 e. The number of carbonyl (C=O) groups is 1. The standard InChI is InChI=1S/C9H15N3OS/c1-4-10-8(13)7-6(3)12-9(14-7)11-5-2/h4-5H2,1-3H3,(H,10,13)(H,11,12). The van der Waals surface area contributed by atoms with Gasteiger partial charge in [0.1, 0.15) is 4.88 Å². The monoisotopic (exact) mass is 213 g/mol. The molecule has 2 N–H and O–H groups in total. The van der Waals surface area contributed by atoms with E-state index in [9.17, 15) is 4.79 Å². The van der Waals surface area contributed by atoms with Gasteiger partial charge in [0.15, 0.2) is 5.13 Å². The molecule has 78 valence electrons. The van der Waals surface area contributed by atoms with Crippen molar-refractivity contribution < 1.29 is 4.79 Å². The van der Waals surface area contributed by atoms with Crippen LogP contribution in [0.5, 0.6) is 0 Å². The van der Waals surface area contributed by atoms with Gasteiger partial charge in [-0.1, -0.05) is 11.3 Å². The maximum absolute atomic E-state index is 11.5. The van der Waals surface area contributed by atoms with E-state index in [4.69, 9.17) is 0 Å². The molecule has 0 saturated heterocycles. The number of aromatic nitrogens is 1. The van der Waals surface area contributed by atoms with Gasteiger partial charge in [0.2, 0.25) is 0 Å². The quantitative estimate of drug-likeness (QED) is 0.799. The van der Waals surface area contributed by atoms with Crippen molar-refractivity contribution in [3.8, 4) is 0 Å². The third-order valence-corrected chi connectivity index (χ3v) is 2.78. The topological polar surface area (TPSA) is 54.0 Å². The molecule has 1 rings (SSSR count). The van der Waals surface area contributed by atoms with Crippen molar-refractivity contribution in [2.75, 3.05) is 18.4 Å². The molecule has 0 aliphatic carbocycles. The van der Waals surface area contributed by atoms with Crippen LogP contribution in [0.2, 0.25) is 0 Å². The molecule has 1 aromatic heterocycles. The second-order valence-electron chi connectivity index (χ2n) is 2.82. The van der Waals surface area contributed by atoms with E-state index < -0.39 is 0 Å². The Balaban J connectivity index is 2.81. The van der Waals surface area contributed by atoms with Crippen LogP contribution in [0.4, 0.5) is 5.13 Å². The van der Waals surface area contributed by atoms with E-state index in [1.807, 2.05) is 20.8 Å². The zero-order valence-corrected chi connectivity index (χ0v) is 9.49. The minimum Gasteiger partial charge on any atom is -0.362 e. The van der Waals surface area contributed by atoms with E-state index in [0.717, 1.165) is 17.4 Å². The Labute approximate surface area is 87.7 Å². The molecule has 4 nitrogen and oxygen atoms in total. The lowest BCUT2D eigenvalue weighted by atomic mass is 10.4. The van der Waals surface area contributed by atoms with Crippen LogP contribution in [-0.4, -0.2) is 24.0 Å². The number of hydrogen-bond acceptors (Lipinski definition) is 4. The van der Waals surface area contributed by atoms with Crippen molar-refractivity contribution in [1.82, 2.24) is 10.3 Å². The summed E-state index contributed by atoms with van der Waals surface area (Å²) in [6, 6.07) is 0. The number of anilines is 1. The number of carbonyl (C=O) groups excluding carboxylic acids is 1. The first-order valence-corrected chi connectivity index (χ1v) is 5.50. The van der Waals surface area contributed by atoms with Gasteiger partial charge in [-0.2, -0.15) is 0 Å². The lowest BCUT2D eigenvalue weighted by Crippen LogP contribution is -2.22. The zero-order valence-electron chi connectivity index (χ0n) is 8.68. The highest BCUT2D eigenvalue weighted by atomic mass is 32.1. The minimum absolute atomic E-state index is 0.0355. The molecule has 0 atom stereocenters. The highest BCUT2D eigenvalue weighted by molar-refractivity contribution is 7.17. The number of rotatable bonds is 4. The molecule has 14 heavy (non-hydrogen) atoms. The molecule has 0 aromatic carbocycles. The summed E-state index contributed by atoms with van der Waals surface area (Å²) < 4.78 is 0. The van der Waals surface area contributed by atoms with Gasteiger partial charge < -0.3 is 10.6 Å². The second kappa shape index (κ2) is 4.95. The number of aryl methyl sites for hydroxylation is 1. The summed E-state index contributed by atoms with van der Waals surface area (Å²) >= 11 is 1.40. The maximum atomic E-state index is 11.5. The molecule has 0 aliphatic heterocycles. The van der Waals surface area contributed by atoms with Gasteiger partial charge >= 0.3 is 0 Å². The predicted octanol–water partition coefficient (Wildman–Crippen LogP) is 1.63. The summed E-state index contributed by atoms with van der Waals surface area (Å²) in [5.41, 5.74) is 0.789. The Bertz CT molecular complexity index is 322. The van der Waals surface area contributed by atoms with Gasteiger partial charge in [0.05, 0.1) is 5.69 Å². The summed E-state index contributed by atoms with van der Waals surface area (Å²) in [5, 5.41) is 6.67. The van der Waals surface area contributed by atoms with E-state index >= 15 is 0 Å². The van der Waals surface area contributed by atoms with Crippen LogP contribution in [0.1, 0.15) is 29.2 Å². The smallest absolute Gasteiger partial charge is 0.263 e. The molecule has 1 amide bonds. The molecular weight excluding hydrogens is 198 g/mol. The van der Waals surface area contributed by atoms with Crippen molar-refractivity contribution in [2.45, 2.75) is 20.8 Å². The van der Waals surface area contributed by atoms with Crippen LogP contribution in [0.15, 0.2) is 0 Å². The molecule has 0 saturated carbocycles. The van der Waals surface area contributed by atoms with Gasteiger partial charge in [-0.3, -0.25) is 4.79 Å². The van der Waals surface area contributed by atoms with Gasteiger partial charge in [-0.05, 0) is 20.8 Å². The predicted molar refractivity (Wildman–Crippen MR) is 59.0 cm³/mol. The van der Waals surface area contributed by atoms with Crippen LogP contribution in [0.3, 0.4) is 0 Å². The van der Waals surface area contributed by atoms with Gasteiger partial charge in [-0.15, -0.1) is 0 Å². The third-order valence-electron chi connectivity index (χ3n) is 1.67. The first kappa shape index (κ1) is 11.0. The van der Waals surface area contributed by atoms with Crippen molar-refractivity contribution in [2.24, 2.45) is 0 Å². The van der Waals surface area contributed by atoms with Crippen LogP contribution in [0, 0.1) is 6.92 Å². The molecule has 0 fully saturated rings. The van der Waals surface area contributed by atoms with Crippen LogP contribution < -0.4 is 10.6 Å². The molecule has 1 heterocycles. The van der Waals surface area contributed by atoms with Crippen LogP contribution in [-0.2, 0) is 0 Å². The Hall–Kier alpha value is -1.10. The summed E-state index contributed by atoms with van der Waals surface area (Å²) in [4.78, 5) is 16.5. The summed E-state index contributed by atoms with van der Waals surface area (Å²) in [6.07, 6.45) is 0. The van der Waals surface area contributed by atoms with Gasteiger partial charge in [0, 0.05) is 13.1 Å². The summed E-state index contributed by atoms with van der Waals surface area (Å²) in [6.45, 7) is 7.22. The number of amides is 1. The second-order valence-corrected chi connectivity index (χ2v) is 3.82. The molecule has 0 aliphatic rings. The largest absolute Gasteiger partial charge is 0.362 e. The Morgan fingerprint density at radius 2 is 2.14 bits per heavy atom. The highest BCUT2D eigenvalue weighted by Crippen LogP contribution is 2.21. The minimum atomic E-state index is -0.0355. The van der Waals surface area contributed by atoms with E-state index in [1.54, 1.807) is 0 Å². The summed E-state index contributed by atoms with van der Waals surface area (Å²) in [7, 11) is 0. The number of nitrogens with zero attached hydrogens (tertiary/aromatic N) is 1. The van der Waals surface area contributed by atoms with Crippen LogP contribution in [0.25, 0.3) is 0 Å². The van der Waals surface area contributed by atoms with E-state index in [2.05, 4.69) is 15.6 Å². The average Bonchev–Trinajstić information content (AvgIpc) is 2.48. The number of nitrogens with one attached hydrogen (secondary N) is 2. The van der Waals surface area contributed by atoms with E-state index in [1.165, 1.54) is 11.3 Å². The Morgan fingerprint density at radius 1 is 1.43 bits per heavy atom. The fourth-order valence-corrected chi connectivity index (χ4v) is 2.03. The molecule has 0 unspecified atom stereocenters. The SMILES string of the molecule is CCNC(=O)c1sc(NCC)nc1C. The fourth-order valence-electron chi connectivity index (χ4n) is 1.07. The Morgan fingerprint density at radius 3 is 2.71 bits per heavy atom. The lowest BCUT2D eigenvalue weighted by molar-refractivity contribution is 0.0959. The first-order valence-electron chi connectivity index (χ1n) is 4.68. The lowest BCUT2D eigenvalue weighted by Gasteiger charge is -1.97. The van der Waals surface area contributed by atoms with Crippen molar-refractivity contribution >= 4 is 22.4 Å². The number of thiazole rings is 1.